The van der Waals surface area contributed by atoms with Crippen molar-refractivity contribution in [3.05, 3.63) is 0 Å². The zero-order valence-electron chi connectivity index (χ0n) is 5.68. The van der Waals surface area contributed by atoms with Crippen molar-refractivity contribution in [3.8, 4) is 0 Å². The monoisotopic (exact) mass is 240 g/mol. The Hall–Kier alpha value is 0.650. The van der Waals surface area contributed by atoms with Gasteiger partial charge in [-0.25, -0.2) is 3.11 Å². The van der Waals surface area contributed by atoms with Gasteiger partial charge in [0.25, 0.3) is 0 Å². The van der Waals surface area contributed by atoms with Gasteiger partial charge in [0.15, 0.2) is 0 Å². The molecule has 3 heteroatoms. The molecule has 2 unspecified atom stereocenters. The molecule has 1 aliphatic heterocycles. The molecule has 0 bridgehead atoms. The van der Waals surface area contributed by atoms with Crippen molar-refractivity contribution in [1.82, 2.24) is 3.11 Å². The molecule has 0 radical (unpaired) electrons. The van der Waals surface area contributed by atoms with Gasteiger partial charge < -0.3 is 5.73 Å². The maximum Gasteiger partial charge on any atom is 0.0235 e. The molecule has 2 N–H and O–H groups in total. The Morgan fingerprint density at radius 2 is 2.33 bits per heavy atom. The molecule has 1 saturated heterocycles. The summed E-state index contributed by atoms with van der Waals surface area (Å²) in [5.41, 5.74) is 5.82. The van der Waals surface area contributed by atoms with Gasteiger partial charge in [0.2, 0.25) is 0 Å². The second-order valence-corrected chi connectivity index (χ2v) is 4.16. The van der Waals surface area contributed by atoms with E-state index in [1.54, 1.807) is 0 Å². The highest BCUT2D eigenvalue weighted by Gasteiger charge is 2.20. The summed E-state index contributed by atoms with van der Waals surface area (Å²) < 4.78 is 2.27. The first-order valence-electron chi connectivity index (χ1n) is 3.36. The predicted octanol–water partition coefficient (Wildman–Crippen LogP) is 1.01. The SMILES string of the molecule is CC1CCN(I)CC1N. The molecule has 1 fully saturated rings. The Kier molecular flexibility index (Phi) is 2.73. The van der Waals surface area contributed by atoms with Gasteiger partial charge in [-0.15, -0.1) is 0 Å². The van der Waals surface area contributed by atoms with Crippen molar-refractivity contribution >= 4 is 22.9 Å². The van der Waals surface area contributed by atoms with Crippen LogP contribution in [0.2, 0.25) is 0 Å². The number of hydrogen-bond acceptors (Lipinski definition) is 2. The zero-order valence-corrected chi connectivity index (χ0v) is 7.84. The highest BCUT2D eigenvalue weighted by molar-refractivity contribution is 14.1. The van der Waals surface area contributed by atoms with Gasteiger partial charge in [0.05, 0.1) is 0 Å². The first-order chi connectivity index (χ1) is 4.20. The molecule has 2 atom stereocenters. The average molecular weight is 240 g/mol. The zero-order chi connectivity index (χ0) is 6.85. The Bertz CT molecular complexity index is 97.1. The number of piperidine rings is 1. The second kappa shape index (κ2) is 3.16. The molecule has 1 aliphatic rings. The summed E-state index contributed by atoms with van der Waals surface area (Å²) in [5, 5.41) is 0. The summed E-state index contributed by atoms with van der Waals surface area (Å²) in [6.07, 6.45) is 1.25. The van der Waals surface area contributed by atoms with Gasteiger partial charge in [-0.1, -0.05) is 6.92 Å². The summed E-state index contributed by atoms with van der Waals surface area (Å²) >= 11 is 2.34. The minimum Gasteiger partial charge on any atom is -0.326 e. The van der Waals surface area contributed by atoms with Gasteiger partial charge in [-0.2, -0.15) is 0 Å². The van der Waals surface area contributed by atoms with Crippen molar-refractivity contribution in [2.45, 2.75) is 19.4 Å². The lowest BCUT2D eigenvalue weighted by molar-refractivity contribution is 0.285. The van der Waals surface area contributed by atoms with Gasteiger partial charge in [-0.3, -0.25) is 0 Å². The molecule has 0 aromatic carbocycles. The fourth-order valence-electron chi connectivity index (χ4n) is 1.06. The van der Waals surface area contributed by atoms with Gasteiger partial charge in [-0.05, 0) is 12.3 Å². The van der Waals surface area contributed by atoms with E-state index in [9.17, 15) is 0 Å². The van der Waals surface area contributed by atoms with E-state index in [-0.39, 0.29) is 0 Å². The first-order valence-corrected chi connectivity index (χ1v) is 4.33. The smallest absolute Gasteiger partial charge is 0.0235 e. The van der Waals surface area contributed by atoms with Crippen LogP contribution in [0.5, 0.6) is 0 Å². The molecular weight excluding hydrogens is 227 g/mol. The third-order valence-corrected chi connectivity index (χ3v) is 2.84. The highest BCUT2D eigenvalue weighted by atomic mass is 127. The predicted molar refractivity (Wildman–Crippen MR) is 47.3 cm³/mol. The van der Waals surface area contributed by atoms with Crippen LogP contribution < -0.4 is 5.73 Å². The molecule has 0 aromatic heterocycles. The number of hydrogen-bond donors (Lipinski definition) is 1. The van der Waals surface area contributed by atoms with Crippen LogP contribution in [0.1, 0.15) is 13.3 Å². The van der Waals surface area contributed by atoms with Crippen LogP contribution in [-0.2, 0) is 0 Å². The van der Waals surface area contributed by atoms with E-state index in [2.05, 4.69) is 32.9 Å². The van der Waals surface area contributed by atoms with Crippen molar-refractivity contribution in [2.24, 2.45) is 11.7 Å². The Morgan fingerprint density at radius 3 is 2.78 bits per heavy atom. The lowest BCUT2D eigenvalue weighted by Crippen LogP contribution is -2.43. The largest absolute Gasteiger partial charge is 0.326 e. The van der Waals surface area contributed by atoms with E-state index in [1.165, 1.54) is 13.0 Å². The van der Waals surface area contributed by atoms with E-state index >= 15 is 0 Å². The Labute approximate surface area is 70.3 Å². The molecule has 1 rings (SSSR count). The van der Waals surface area contributed by atoms with Crippen molar-refractivity contribution in [3.63, 3.8) is 0 Å². The van der Waals surface area contributed by atoms with E-state index in [4.69, 9.17) is 5.73 Å². The van der Waals surface area contributed by atoms with Crippen molar-refractivity contribution in [2.75, 3.05) is 13.1 Å². The summed E-state index contributed by atoms with van der Waals surface area (Å²) in [6.45, 7) is 4.49. The fraction of sp³-hybridized carbons (Fsp3) is 1.00. The van der Waals surface area contributed by atoms with Crippen LogP contribution in [0, 0.1) is 5.92 Å². The van der Waals surface area contributed by atoms with Gasteiger partial charge >= 0.3 is 0 Å². The van der Waals surface area contributed by atoms with E-state index in [0.717, 1.165) is 12.5 Å². The number of halogens is 1. The maximum atomic E-state index is 5.82. The minimum absolute atomic E-state index is 0.399. The van der Waals surface area contributed by atoms with Crippen LogP contribution in [0.15, 0.2) is 0 Å². The normalized spacial score (nSPS) is 39.0. The Balaban J connectivity index is 2.35. The molecule has 54 valence electrons. The third-order valence-electron chi connectivity index (χ3n) is 1.97. The van der Waals surface area contributed by atoms with Crippen LogP contribution in [0.25, 0.3) is 0 Å². The molecule has 0 spiro atoms. The van der Waals surface area contributed by atoms with Crippen LogP contribution in [-0.4, -0.2) is 22.2 Å². The summed E-state index contributed by atoms with van der Waals surface area (Å²) in [4.78, 5) is 0. The van der Waals surface area contributed by atoms with Crippen molar-refractivity contribution < 1.29 is 0 Å². The molecule has 0 amide bonds. The first kappa shape index (κ1) is 7.75. The van der Waals surface area contributed by atoms with Gasteiger partial charge in [0, 0.05) is 42.0 Å². The van der Waals surface area contributed by atoms with Crippen molar-refractivity contribution in [1.29, 1.82) is 0 Å². The topological polar surface area (TPSA) is 29.3 Å². The average Bonchev–Trinajstić information content (AvgIpc) is 1.80. The van der Waals surface area contributed by atoms with Crippen LogP contribution >= 0.6 is 22.9 Å². The molecule has 1 heterocycles. The van der Waals surface area contributed by atoms with Crippen LogP contribution in [0.4, 0.5) is 0 Å². The van der Waals surface area contributed by atoms with Crippen LogP contribution in [0.3, 0.4) is 0 Å². The van der Waals surface area contributed by atoms with E-state index in [1.807, 2.05) is 0 Å². The molecule has 0 aliphatic carbocycles. The second-order valence-electron chi connectivity index (χ2n) is 2.80. The quantitative estimate of drug-likeness (QED) is 0.505. The summed E-state index contributed by atoms with van der Waals surface area (Å²) in [5.74, 6) is 0.719. The fourth-order valence-corrected chi connectivity index (χ4v) is 1.79. The molecule has 2 nitrogen and oxygen atoms in total. The Morgan fingerprint density at radius 1 is 1.67 bits per heavy atom. The van der Waals surface area contributed by atoms with E-state index in [0.29, 0.717) is 6.04 Å². The molecular formula is C6H13IN2. The van der Waals surface area contributed by atoms with E-state index < -0.39 is 0 Å². The highest BCUT2D eigenvalue weighted by Crippen LogP contribution is 2.17. The molecule has 0 aromatic rings. The number of nitrogens with zero attached hydrogens (tertiary/aromatic N) is 1. The third kappa shape index (κ3) is 2.05. The lowest BCUT2D eigenvalue weighted by atomic mass is 9.96. The molecule has 0 saturated carbocycles. The number of rotatable bonds is 0. The minimum atomic E-state index is 0.399. The molecule has 9 heavy (non-hydrogen) atoms. The summed E-state index contributed by atoms with van der Waals surface area (Å²) in [6, 6.07) is 0.399. The van der Waals surface area contributed by atoms with Gasteiger partial charge in [0.1, 0.15) is 0 Å². The lowest BCUT2D eigenvalue weighted by Gasteiger charge is -2.30. The summed E-state index contributed by atoms with van der Waals surface area (Å²) in [7, 11) is 0. The standard InChI is InChI=1S/C6H13IN2/c1-5-2-3-9(7)4-6(5)8/h5-6H,2-4,8H2,1H3. The maximum absolute atomic E-state index is 5.82. The number of nitrogens with two attached hydrogens (primary N) is 1.